The minimum absolute atomic E-state index is 0.174. The molecule has 0 saturated heterocycles. The van der Waals surface area contributed by atoms with Crippen LogP contribution in [0.4, 0.5) is 0 Å². The lowest BCUT2D eigenvalue weighted by Gasteiger charge is -2.21. The third kappa shape index (κ3) is 5.76. The number of rotatable bonds is 11. The zero-order valence-corrected chi connectivity index (χ0v) is 21.2. The summed E-state index contributed by atoms with van der Waals surface area (Å²) in [4.78, 5) is 4.85. The van der Waals surface area contributed by atoms with E-state index in [9.17, 15) is 0 Å². The third-order valence-electron chi connectivity index (χ3n) is 7.09. The molecule has 0 amide bonds. The van der Waals surface area contributed by atoms with E-state index in [2.05, 4.69) is 87.5 Å². The Morgan fingerprint density at radius 3 is 1.74 bits per heavy atom. The molecule has 3 aromatic carbocycles. The first kappa shape index (κ1) is 24.2. The van der Waals surface area contributed by atoms with Crippen molar-refractivity contribution in [3.05, 3.63) is 112 Å². The Morgan fingerprint density at radius 1 is 0.647 bits per heavy atom. The van der Waals surface area contributed by atoms with Crippen LogP contribution in [0, 0.1) is 6.92 Å². The van der Waals surface area contributed by atoms with Gasteiger partial charge in [-0.15, -0.1) is 0 Å². The number of benzene rings is 3. The summed E-state index contributed by atoms with van der Waals surface area (Å²) in [7, 11) is 0. The second kappa shape index (κ2) is 12.0. The highest BCUT2D eigenvalue weighted by Gasteiger charge is 2.20. The zero-order chi connectivity index (χ0) is 23.8. The molecule has 4 rings (SSSR count). The molecule has 0 atom stereocenters. The molecular weight excluding hydrogens is 410 g/mol. The smallest absolute Gasteiger partial charge is 0.0746 e. The Labute approximate surface area is 206 Å². The normalized spacial score (nSPS) is 11.4. The largest absolute Gasteiger partial charge is 0.256 e. The van der Waals surface area contributed by atoms with Gasteiger partial charge in [0.05, 0.1) is 5.52 Å². The van der Waals surface area contributed by atoms with Gasteiger partial charge in [-0.05, 0) is 72.1 Å². The van der Waals surface area contributed by atoms with E-state index in [1.54, 1.807) is 0 Å². The summed E-state index contributed by atoms with van der Waals surface area (Å²) < 4.78 is 0. The molecule has 0 bridgehead atoms. The number of fused-ring (bicyclic) bond motifs is 1. The van der Waals surface area contributed by atoms with Crippen molar-refractivity contribution in [3.63, 3.8) is 0 Å². The Morgan fingerprint density at radius 2 is 1.21 bits per heavy atom. The molecule has 1 aromatic heterocycles. The van der Waals surface area contributed by atoms with E-state index in [0.29, 0.717) is 0 Å². The Hall–Kier alpha value is -2.93. The summed E-state index contributed by atoms with van der Waals surface area (Å²) in [6, 6.07) is 27.5. The summed E-state index contributed by atoms with van der Waals surface area (Å²) >= 11 is 0. The lowest BCUT2D eigenvalue weighted by molar-refractivity contribution is 0.717. The molecule has 0 fully saturated rings. The van der Waals surface area contributed by atoms with Gasteiger partial charge < -0.3 is 0 Å². The molecule has 0 aliphatic rings. The minimum Gasteiger partial charge on any atom is -0.256 e. The molecule has 176 valence electrons. The van der Waals surface area contributed by atoms with Crippen molar-refractivity contribution < 1.29 is 0 Å². The molecule has 4 aromatic rings. The fourth-order valence-electron chi connectivity index (χ4n) is 5.03. The first-order valence-electron chi connectivity index (χ1n) is 13.2. The molecule has 0 radical (unpaired) electrons. The first-order valence-corrected chi connectivity index (χ1v) is 13.2. The number of nitrogens with zero attached hydrogens (tertiary/aromatic N) is 1. The second-order valence-electron chi connectivity index (χ2n) is 9.70. The molecule has 34 heavy (non-hydrogen) atoms. The van der Waals surface area contributed by atoms with Crippen LogP contribution in [-0.2, 0) is 12.8 Å². The van der Waals surface area contributed by atoms with Crippen molar-refractivity contribution in [3.8, 4) is 0 Å². The van der Waals surface area contributed by atoms with Crippen LogP contribution in [0.25, 0.3) is 10.9 Å². The molecule has 1 heteroatoms. The Kier molecular flexibility index (Phi) is 8.52. The molecule has 0 aliphatic heterocycles. The highest BCUT2D eigenvalue weighted by Crippen LogP contribution is 2.36. The van der Waals surface area contributed by atoms with E-state index in [1.807, 2.05) is 12.3 Å². The summed E-state index contributed by atoms with van der Waals surface area (Å²) in [6.07, 6.45) is 11.9. The van der Waals surface area contributed by atoms with Crippen LogP contribution >= 0.6 is 0 Å². The van der Waals surface area contributed by atoms with Gasteiger partial charge in [-0.2, -0.15) is 0 Å². The monoisotopic (exact) mass is 449 g/mol. The molecule has 1 heterocycles. The highest BCUT2D eigenvalue weighted by atomic mass is 14.7. The maximum atomic E-state index is 4.85. The summed E-state index contributed by atoms with van der Waals surface area (Å²) in [5.41, 5.74) is 9.25. The van der Waals surface area contributed by atoms with Gasteiger partial charge in [0.1, 0.15) is 0 Å². The maximum Gasteiger partial charge on any atom is 0.0746 e. The van der Waals surface area contributed by atoms with Crippen molar-refractivity contribution in [2.45, 2.75) is 78.1 Å². The van der Waals surface area contributed by atoms with Gasteiger partial charge >= 0.3 is 0 Å². The molecule has 0 N–H and O–H groups in total. The van der Waals surface area contributed by atoms with Gasteiger partial charge in [0, 0.05) is 17.5 Å². The lowest BCUT2D eigenvalue weighted by Crippen LogP contribution is -2.06. The minimum atomic E-state index is 0.174. The predicted octanol–water partition coefficient (Wildman–Crippen LogP) is 9.19. The maximum absolute atomic E-state index is 4.85. The van der Waals surface area contributed by atoms with Gasteiger partial charge in [-0.25, -0.2) is 0 Å². The van der Waals surface area contributed by atoms with E-state index >= 15 is 0 Å². The van der Waals surface area contributed by atoms with E-state index in [1.165, 1.54) is 90.1 Å². The number of aromatic nitrogens is 1. The van der Waals surface area contributed by atoms with Crippen molar-refractivity contribution in [1.82, 2.24) is 4.98 Å². The topological polar surface area (TPSA) is 12.9 Å². The number of aryl methyl sites for hydroxylation is 3. The molecule has 0 saturated carbocycles. The SMILES string of the molecule is CCCCCc1ccc(C(c2ccc(CCCCC)cc2)c2ccc(C)c3cccnc23)cc1. The van der Waals surface area contributed by atoms with E-state index < -0.39 is 0 Å². The van der Waals surface area contributed by atoms with E-state index in [4.69, 9.17) is 4.98 Å². The summed E-state index contributed by atoms with van der Waals surface area (Å²) in [5, 5.41) is 1.25. The fourth-order valence-corrected chi connectivity index (χ4v) is 5.03. The number of hydrogen-bond donors (Lipinski definition) is 0. The van der Waals surface area contributed by atoms with Crippen LogP contribution in [0.2, 0.25) is 0 Å². The predicted molar refractivity (Wildman–Crippen MR) is 147 cm³/mol. The molecule has 1 nitrogen and oxygen atoms in total. The van der Waals surface area contributed by atoms with Crippen LogP contribution in [0.15, 0.2) is 79.0 Å². The van der Waals surface area contributed by atoms with Crippen molar-refractivity contribution in [2.24, 2.45) is 0 Å². The van der Waals surface area contributed by atoms with Gasteiger partial charge in [0.2, 0.25) is 0 Å². The Bertz CT molecular complexity index is 1120. The Balaban J connectivity index is 1.73. The number of hydrogen-bond acceptors (Lipinski definition) is 1. The first-order chi connectivity index (χ1) is 16.7. The van der Waals surface area contributed by atoms with Gasteiger partial charge in [-0.1, -0.05) is 106 Å². The van der Waals surface area contributed by atoms with Gasteiger partial charge in [0.15, 0.2) is 0 Å². The van der Waals surface area contributed by atoms with Crippen molar-refractivity contribution in [2.75, 3.05) is 0 Å². The number of unbranched alkanes of at least 4 members (excludes halogenated alkanes) is 4. The van der Waals surface area contributed by atoms with Crippen LogP contribution in [-0.4, -0.2) is 4.98 Å². The molecule has 0 spiro atoms. The molecule has 0 unspecified atom stereocenters. The van der Waals surface area contributed by atoms with Crippen LogP contribution in [0.1, 0.15) is 91.7 Å². The van der Waals surface area contributed by atoms with Crippen molar-refractivity contribution >= 4 is 10.9 Å². The average Bonchev–Trinajstić information content (AvgIpc) is 2.88. The lowest BCUT2D eigenvalue weighted by atomic mass is 9.82. The zero-order valence-electron chi connectivity index (χ0n) is 21.2. The van der Waals surface area contributed by atoms with Crippen LogP contribution in [0.5, 0.6) is 0 Å². The van der Waals surface area contributed by atoms with Crippen LogP contribution < -0.4 is 0 Å². The second-order valence-corrected chi connectivity index (χ2v) is 9.70. The molecule has 0 aliphatic carbocycles. The highest BCUT2D eigenvalue weighted by molar-refractivity contribution is 5.86. The van der Waals surface area contributed by atoms with Crippen molar-refractivity contribution in [1.29, 1.82) is 0 Å². The third-order valence-corrected chi connectivity index (χ3v) is 7.09. The fraction of sp³-hybridized carbons (Fsp3) is 0.364. The van der Waals surface area contributed by atoms with E-state index in [0.717, 1.165) is 5.52 Å². The van der Waals surface area contributed by atoms with Crippen LogP contribution in [0.3, 0.4) is 0 Å². The summed E-state index contributed by atoms with van der Waals surface area (Å²) in [6.45, 7) is 6.71. The molecular formula is C33H39N. The average molecular weight is 450 g/mol. The summed E-state index contributed by atoms with van der Waals surface area (Å²) in [5.74, 6) is 0.174. The quantitative estimate of drug-likeness (QED) is 0.164. The van der Waals surface area contributed by atoms with Gasteiger partial charge in [-0.3, -0.25) is 4.98 Å². The van der Waals surface area contributed by atoms with E-state index in [-0.39, 0.29) is 5.92 Å². The van der Waals surface area contributed by atoms with Gasteiger partial charge in [0.25, 0.3) is 0 Å². The number of pyridine rings is 1. The standard InChI is InChI=1S/C33H39N/c1-4-6-8-11-26-15-19-28(20-16-26)32(29-21-17-27(18-22-29)12-9-7-5-2)31-23-14-25(3)30-13-10-24-34-33(30)31/h10,13-24,32H,4-9,11-12H2,1-3H3.